The van der Waals surface area contributed by atoms with Crippen LogP contribution in [-0.2, 0) is 11.2 Å². The van der Waals surface area contributed by atoms with Crippen LogP contribution in [0.3, 0.4) is 0 Å². The molecule has 1 amide bonds. The second kappa shape index (κ2) is 9.26. The van der Waals surface area contributed by atoms with E-state index in [4.69, 9.17) is 4.74 Å². The molecule has 0 bridgehead atoms. The van der Waals surface area contributed by atoms with Crippen LogP contribution in [0.2, 0.25) is 0 Å². The number of carbonyl (C=O) groups excluding carboxylic acids is 1. The van der Waals surface area contributed by atoms with E-state index in [1.54, 1.807) is 0 Å². The fourth-order valence-corrected chi connectivity index (χ4v) is 2.76. The van der Waals surface area contributed by atoms with Gasteiger partial charge in [-0.3, -0.25) is 4.79 Å². The topological polar surface area (TPSA) is 38.3 Å². The zero-order valence-corrected chi connectivity index (χ0v) is 15.7. The minimum atomic E-state index is -0.459. The van der Waals surface area contributed by atoms with Crippen LogP contribution in [0.15, 0.2) is 48.5 Å². The van der Waals surface area contributed by atoms with Crippen LogP contribution >= 0.6 is 0 Å². The number of benzene rings is 2. The maximum atomic E-state index is 12.6. The highest BCUT2D eigenvalue weighted by molar-refractivity contribution is 5.81. The summed E-state index contributed by atoms with van der Waals surface area (Å²) in [5.41, 5.74) is 3.55. The van der Waals surface area contributed by atoms with Crippen LogP contribution < -0.4 is 10.1 Å². The third-order valence-electron chi connectivity index (χ3n) is 4.58. The number of rotatable bonds is 8. The molecule has 0 fully saturated rings. The lowest BCUT2D eigenvalue weighted by atomic mass is 10.1. The molecule has 0 aliphatic rings. The summed E-state index contributed by atoms with van der Waals surface area (Å²) >= 11 is 0. The van der Waals surface area contributed by atoms with Crippen molar-refractivity contribution in [3.05, 3.63) is 65.2 Å². The van der Waals surface area contributed by atoms with E-state index in [0.29, 0.717) is 6.42 Å². The molecule has 25 heavy (non-hydrogen) atoms. The van der Waals surface area contributed by atoms with Gasteiger partial charge in [0.25, 0.3) is 5.91 Å². The van der Waals surface area contributed by atoms with Crippen molar-refractivity contribution < 1.29 is 9.53 Å². The van der Waals surface area contributed by atoms with Gasteiger partial charge in [-0.05, 0) is 62.8 Å². The first-order chi connectivity index (χ1) is 12.0. The van der Waals surface area contributed by atoms with Crippen molar-refractivity contribution in [2.75, 3.05) is 0 Å². The van der Waals surface area contributed by atoms with Crippen molar-refractivity contribution in [3.8, 4) is 5.75 Å². The molecule has 2 rings (SSSR count). The zero-order valence-electron chi connectivity index (χ0n) is 15.7. The molecule has 0 aliphatic carbocycles. The van der Waals surface area contributed by atoms with E-state index in [1.165, 1.54) is 11.1 Å². The number of amides is 1. The second-order valence-corrected chi connectivity index (χ2v) is 6.65. The molecule has 1 N–H and O–H groups in total. The highest BCUT2D eigenvalue weighted by Gasteiger charge is 2.21. The molecule has 0 radical (unpaired) electrons. The summed E-state index contributed by atoms with van der Waals surface area (Å²) in [4.78, 5) is 12.6. The summed E-state index contributed by atoms with van der Waals surface area (Å²) in [6, 6.07) is 16.4. The van der Waals surface area contributed by atoms with Gasteiger partial charge >= 0.3 is 0 Å². The van der Waals surface area contributed by atoms with Crippen molar-refractivity contribution in [1.29, 1.82) is 0 Å². The van der Waals surface area contributed by atoms with Gasteiger partial charge in [-0.2, -0.15) is 0 Å². The largest absolute Gasteiger partial charge is 0.480 e. The van der Waals surface area contributed by atoms with Crippen LogP contribution in [-0.4, -0.2) is 18.1 Å². The molecule has 2 aromatic rings. The molecule has 2 atom stereocenters. The third-order valence-corrected chi connectivity index (χ3v) is 4.58. The quantitative estimate of drug-likeness (QED) is 0.763. The highest BCUT2D eigenvalue weighted by Crippen LogP contribution is 2.22. The Morgan fingerprint density at radius 2 is 1.80 bits per heavy atom. The minimum Gasteiger partial charge on any atom is -0.480 e. The molecule has 0 saturated carbocycles. The predicted molar refractivity (Wildman–Crippen MR) is 103 cm³/mol. The normalized spacial score (nSPS) is 13.1. The van der Waals surface area contributed by atoms with E-state index in [-0.39, 0.29) is 11.9 Å². The highest BCUT2D eigenvalue weighted by atomic mass is 16.5. The van der Waals surface area contributed by atoms with Crippen LogP contribution in [0.25, 0.3) is 0 Å². The van der Waals surface area contributed by atoms with Crippen molar-refractivity contribution in [2.24, 2.45) is 0 Å². The molecule has 3 heteroatoms. The molecule has 0 spiro atoms. The fourth-order valence-electron chi connectivity index (χ4n) is 2.76. The molecule has 0 saturated heterocycles. The maximum Gasteiger partial charge on any atom is 0.261 e. The van der Waals surface area contributed by atoms with Gasteiger partial charge in [0, 0.05) is 6.04 Å². The number of hydrogen-bond acceptors (Lipinski definition) is 2. The average Bonchev–Trinajstić information content (AvgIpc) is 2.62. The summed E-state index contributed by atoms with van der Waals surface area (Å²) in [5, 5.41) is 3.09. The van der Waals surface area contributed by atoms with Gasteiger partial charge in [-0.1, -0.05) is 49.4 Å². The lowest BCUT2D eigenvalue weighted by Gasteiger charge is -2.22. The van der Waals surface area contributed by atoms with Crippen LogP contribution in [0.4, 0.5) is 0 Å². The molecule has 0 aliphatic heterocycles. The number of nitrogens with one attached hydrogen (secondary N) is 1. The molecule has 2 aromatic carbocycles. The summed E-state index contributed by atoms with van der Waals surface area (Å²) in [7, 11) is 0. The van der Waals surface area contributed by atoms with Gasteiger partial charge in [0.2, 0.25) is 0 Å². The van der Waals surface area contributed by atoms with E-state index in [2.05, 4.69) is 30.4 Å². The SMILES string of the molecule is CC[C@H](Oc1cccc(C)c1C)C(=O)N[C@H](C)CCc1ccccc1. The Balaban J connectivity index is 1.89. The average molecular weight is 339 g/mol. The number of aryl methyl sites for hydroxylation is 2. The Labute approximate surface area is 151 Å². The number of hydrogen-bond donors (Lipinski definition) is 1. The van der Waals surface area contributed by atoms with Crippen molar-refractivity contribution in [3.63, 3.8) is 0 Å². The van der Waals surface area contributed by atoms with Gasteiger partial charge in [0.1, 0.15) is 5.75 Å². The Morgan fingerprint density at radius 1 is 1.08 bits per heavy atom. The van der Waals surface area contributed by atoms with E-state index >= 15 is 0 Å². The van der Waals surface area contributed by atoms with Gasteiger partial charge in [0.15, 0.2) is 6.10 Å². The van der Waals surface area contributed by atoms with Crippen LogP contribution in [0.5, 0.6) is 5.75 Å². The Hall–Kier alpha value is -2.29. The summed E-state index contributed by atoms with van der Waals surface area (Å²) in [6.07, 6.45) is 2.05. The van der Waals surface area contributed by atoms with E-state index in [0.717, 1.165) is 24.2 Å². The zero-order chi connectivity index (χ0) is 18.2. The standard InChI is InChI=1S/C22H29NO2/c1-5-20(25-21-13-9-10-16(2)18(21)4)22(24)23-17(3)14-15-19-11-7-6-8-12-19/h6-13,17,20H,5,14-15H2,1-4H3,(H,23,24)/t17-,20+/m1/s1. The molecule has 134 valence electrons. The van der Waals surface area contributed by atoms with Crippen molar-refractivity contribution in [1.82, 2.24) is 5.32 Å². The Kier molecular flexibility index (Phi) is 7.05. The first-order valence-electron chi connectivity index (χ1n) is 9.08. The van der Waals surface area contributed by atoms with Crippen molar-refractivity contribution in [2.45, 2.75) is 59.1 Å². The third kappa shape index (κ3) is 5.63. The van der Waals surface area contributed by atoms with E-state index in [9.17, 15) is 4.79 Å². The maximum absolute atomic E-state index is 12.6. The van der Waals surface area contributed by atoms with Crippen molar-refractivity contribution >= 4 is 5.91 Å². The Bertz CT molecular complexity index is 682. The van der Waals surface area contributed by atoms with Gasteiger partial charge in [0.05, 0.1) is 0 Å². The fraction of sp³-hybridized carbons (Fsp3) is 0.409. The molecule has 0 heterocycles. The van der Waals surface area contributed by atoms with Crippen LogP contribution in [0, 0.1) is 13.8 Å². The molecule has 0 aromatic heterocycles. The lowest BCUT2D eigenvalue weighted by molar-refractivity contribution is -0.128. The molecular weight excluding hydrogens is 310 g/mol. The monoisotopic (exact) mass is 339 g/mol. The van der Waals surface area contributed by atoms with Crippen LogP contribution in [0.1, 0.15) is 43.4 Å². The Morgan fingerprint density at radius 3 is 2.48 bits per heavy atom. The van der Waals surface area contributed by atoms with Gasteiger partial charge < -0.3 is 10.1 Å². The predicted octanol–water partition coefficient (Wildman–Crippen LogP) is 4.60. The molecular formula is C22H29NO2. The molecule has 3 nitrogen and oxygen atoms in total. The number of carbonyl (C=O) groups is 1. The first-order valence-corrected chi connectivity index (χ1v) is 9.08. The number of ether oxygens (including phenoxy) is 1. The summed E-state index contributed by atoms with van der Waals surface area (Å²) in [5.74, 6) is 0.753. The minimum absolute atomic E-state index is 0.0380. The van der Waals surface area contributed by atoms with E-state index < -0.39 is 6.10 Å². The second-order valence-electron chi connectivity index (χ2n) is 6.65. The van der Waals surface area contributed by atoms with E-state index in [1.807, 2.05) is 51.1 Å². The summed E-state index contributed by atoms with van der Waals surface area (Å²) < 4.78 is 5.99. The smallest absolute Gasteiger partial charge is 0.261 e. The lowest BCUT2D eigenvalue weighted by Crippen LogP contribution is -2.42. The van der Waals surface area contributed by atoms with Gasteiger partial charge in [-0.15, -0.1) is 0 Å². The summed E-state index contributed by atoms with van der Waals surface area (Å²) in [6.45, 7) is 8.10. The molecule has 0 unspecified atom stereocenters. The van der Waals surface area contributed by atoms with Gasteiger partial charge in [-0.25, -0.2) is 0 Å². The first kappa shape index (κ1) is 19.0.